The lowest BCUT2D eigenvalue weighted by Crippen LogP contribution is -2.22. The number of aliphatic imine (C=N–C) groups is 2. The van der Waals surface area contributed by atoms with Gasteiger partial charge >= 0.3 is 0 Å². The number of hydrogen-bond acceptors (Lipinski definition) is 4. The highest BCUT2D eigenvalue weighted by Gasteiger charge is 2.32. The van der Waals surface area contributed by atoms with Crippen molar-refractivity contribution in [3.8, 4) is 6.07 Å². The Hall–Kier alpha value is -1.93. The summed E-state index contributed by atoms with van der Waals surface area (Å²) < 4.78 is 0. The van der Waals surface area contributed by atoms with E-state index in [-0.39, 0.29) is 11.8 Å². The summed E-state index contributed by atoms with van der Waals surface area (Å²) in [5, 5.41) is 9.33. The summed E-state index contributed by atoms with van der Waals surface area (Å²) in [5.74, 6) is 0.628. The molecule has 20 heavy (non-hydrogen) atoms. The van der Waals surface area contributed by atoms with E-state index >= 15 is 0 Å². The van der Waals surface area contributed by atoms with Gasteiger partial charge < -0.3 is 0 Å². The van der Waals surface area contributed by atoms with E-state index in [9.17, 15) is 4.79 Å². The topological polar surface area (TPSA) is 65.6 Å². The highest BCUT2D eigenvalue weighted by molar-refractivity contribution is 8.13. The van der Waals surface area contributed by atoms with Crippen LogP contribution in [0.2, 0.25) is 0 Å². The molecule has 5 heteroatoms. The molecule has 3 rings (SSSR count). The Balaban J connectivity index is 1.66. The Bertz CT molecular complexity index is 640. The first kappa shape index (κ1) is 13.1. The fraction of sp³-hybridized carbons (Fsp3) is 0.333. The molecule has 0 bridgehead atoms. The van der Waals surface area contributed by atoms with E-state index in [4.69, 9.17) is 5.26 Å². The standard InChI is InChI=1S/C15H13N3OS/c16-8-10-4-6-11(7-5-10)9-20-15-17-13-3-1-2-12(13)14(19)18-15/h4-7,12H,1-3,9H2. The van der Waals surface area contributed by atoms with Gasteiger partial charge in [-0.1, -0.05) is 23.9 Å². The summed E-state index contributed by atoms with van der Waals surface area (Å²) in [5.41, 5.74) is 2.75. The lowest BCUT2D eigenvalue weighted by atomic mass is 10.1. The van der Waals surface area contributed by atoms with Crippen LogP contribution in [0.3, 0.4) is 0 Å². The summed E-state index contributed by atoms with van der Waals surface area (Å²) in [7, 11) is 0. The normalized spacial score (nSPS) is 20.9. The molecule has 0 spiro atoms. The Morgan fingerprint density at radius 1 is 1.30 bits per heavy atom. The molecule has 1 amide bonds. The molecule has 1 aromatic carbocycles. The van der Waals surface area contributed by atoms with Crippen molar-refractivity contribution < 1.29 is 4.79 Å². The predicted octanol–water partition coefficient (Wildman–Crippen LogP) is 2.93. The number of amidine groups is 1. The third kappa shape index (κ3) is 2.66. The minimum absolute atomic E-state index is 0.0326. The van der Waals surface area contributed by atoms with Gasteiger partial charge in [-0.15, -0.1) is 0 Å². The molecule has 1 fully saturated rings. The second-order valence-corrected chi connectivity index (χ2v) is 5.82. The van der Waals surface area contributed by atoms with Crippen molar-refractivity contribution in [2.75, 3.05) is 0 Å². The fourth-order valence-corrected chi connectivity index (χ4v) is 3.26. The minimum Gasteiger partial charge on any atom is -0.272 e. The first-order chi connectivity index (χ1) is 9.76. The largest absolute Gasteiger partial charge is 0.272 e. The number of benzene rings is 1. The van der Waals surface area contributed by atoms with Gasteiger partial charge in [0.05, 0.1) is 17.6 Å². The molecule has 0 N–H and O–H groups in total. The molecule has 0 saturated heterocycles. The van der Waals surface area contributed by atoms with E-state index in [0.29, 0.717) is 16.5 Å². The second-order valence-electron chi connectivity index (χ2n) is 4.88. The number of amides is 1. The van der Waals surface area contributed by atoms with Gasteiger partial charge in [-0.05, 0) is 37.0 Å². The average molecular weight is 283 g/mol. The number of carbonyl (C=O) groups is 1. The zero-order valence-electron chi connectivity index (χ0n) is 10.9. The maximum absolute atomic E-state index is 11.9. The smallest absolute Gasteiger partial charge is 0.256 e. The first-order valence-electron chi connectivity index (χ1n) is 6.58. The predicted molar refractivity (Wildman–Crippen MR) is 79.7 cm³/mol. The first-order valence-corrected chi connectivity index (χ1v) is 7.56. The minimum atomic E-state index is -0.0470. The van der Waals surface area contributed by atoms with Crippen LogP contribution in [-0.2, 0) is 10.5 Å². The van der Waals surface area contributed by atoms with Gasteiger partial charge in [0.1, 0.15) is 0 Å². The molecule has 0 radical (unpaired) electrons. The maximum Gasteiger partial charge on any atom is 0.256 e. The molecule has 1 atom stereocenters. The molecule has 4 nitrogen and oxygen atoms in total. The van der Waals surface area contributed by atoms with Crippen LogP contribution in [0, 0.1) is 17.2 Å². The molecule has 1 unspecified atom stereocenters. The zero-order chi connectivity index (χ0) is 13.9. The summed E-state index contributed by atoms with van der Waals surface area (Å²) in [6.07, 6.45) is 2.86. The summed E-state index contributed by atoms with van der Waals surface area (Å²) in [6.45, 7) is 0. The summed E-state index contributed by atoms with van der Waals surface area (Å²) >= 11 is 1.48. The van der Waals surface area contributed by atoms with E-state index in [2.05, 4.69) is 16.1 Å². The summed E-state index contributed by atoms with van der Waals surface area (Å²) in [4.78, 5) is 20.4. The average Bonchev–Trinajstić information content (AvgIpc) is 2.94. The van der Waals surface area contributed by atoms with Crippen molar-refractivity contribution in [1.29, 1.82) is 5.26 Å². The number of nitrogens with zero attached hydrogens (tertiary/aromatic N) is 3. The van der Waals surface area contributed by atoms with Crippen molar-refractivity contribution in [2.24, 2.45) is 15.9 Å². The molecular formula is C15H13N3OS. The van der Waals surface area contributed by atoms with Gasteiger partial charge in [0.25, 0.3) is 5.91 Å². The van der Waals surface area contributed by atoms with Gasteiger partial charge in [-0.3, -0.25) is 4.79 Å². The van der Waals surface area contributed by atoms with Crippen LogP contribution < -0.4 is 0 Å². The fourth-order valence-electron chi connectivity index (χ4n) is 2.44. The molecule has 0 aromatic heterocycles. The quantitative estimate of drug-likeness (QED) is 0.838. The van der Waals surface area contributed by atoms with Gasteiger partial charge in [-0.2, -0.15) is 10.3 Å². The number of carbonyl (C=O) groups excluding carboxylic acids is 1. The van der Waals surface area contributed by atoms with E-state index in [1.165, 1.54) is 11.8 Å². The maximum atomic E-state index is 11.9. The van der Waals surface area contributed by atoms with Crippen LogP contribution in [0.1, 0.15) is 30.4 Å². The van der Waals surface area contributed by atoms with Gasteiger partial charge in [-0.25, -0.2) is 4.99 Å². The molecule has 100 valence electrons. The highest BCUT2D eigenvalue weighted by atomic mass is 32.2. The van der Waals surface area contributed by atoms with Gasteiger partial charge in [0, 0.05) is 11.5 Å². The number of thioether (sulfide) groups is 1. The van der Waals surface area contributed by atoms with E-state index in [1.807, 2.05) is 12.1 Å². The molecule has 1 heterocycles. The lowest BCUT2D eigenvalue weighted by molar-refractivity contribution is -0.119. The second kappa shape index (κ2) is 5.59. The van der Waals surface area contributed by atoms with Gasteiger partial charge in [0.15, 0.2) is 5.17 Å². The Morgan fingerprint density at radius 2 is 2.10 bits per heavy atom. The molecule has 1 aliphatic carbocycles. The summed E-state index contributed by atoms with van der Waals surface area (Å²) in [6, 6.07) is 9.52. The van der Waals surface area contributed by atoms with E-state index < -0.39 is 0 Å². The number of hydrogen-bond donors (Lipinski definition) is 0. The molecule has 2 aliphatic rings. The molecule has 1 aromatic rings. The SMILES string of the molecule is N#Cc1ccc(CSC2=NC(=O)C3CCCC3=N2)cc1. The molecule has 1 saturated carbocycles. The zero-order valence-corrected chi connectivity index (χ0v) is 11.7. The molecule has 1 aliphatic heterocycles. The number of rotatable bonds is 2. The van der Waals surface area contributed by atoms with E-state index in [1.54, 1.807) is 12.1 Å². The van der Waals surface area contributed by atoms with Crippen molar-refractivity contribution in [3.05, 3.63) is 35.4 Å². The van der Waals surface area contributed by atoms with Crippen LogP contribution >= 0.6 is 11.8 Å². The van der Waals surface area contributed by atoms with Crippen LogP contribution in [0.4, 0.5) is 0 Å². The third-order valence-corrected chi connectivity index (χ3v) is 4.44. The third-order valence-electron chi connectivity index (χ3n) is 3.52. The number of fused-ring (bicyclic) bond motifs is 1. The highest BCUT2D eigenvalue weighted by Crippen LogP contribution is 2.29. The van der Waals surface area contributed by atoms with E-state index in [0.717, 1.165) is 30.5 Å². The Kier molecular flexibility index (Phi) is 3.66. The molecular weight excluding hydrogens is 270 g/mol. The monoisotopic (exact) mass is 283 g/mol. The van der Waals surface area contributed by atoms with Crippen molar-refractivity contribution in [1.82, 2.24) is 0 Å². The van der Waals surface area contributed by atoms with Crippen molar-refractivity contribution >= 4 is 28.5 Å². The number of nitriles is 1. The lowest BCUT2D eigenvalue weighted by Gasteiger charge is -2.13. The van der Waals surface area contributed by atoms with Crippen LogP contribution in [-0.4, -0.2) is 16.8 Å². The van der Waals surface area contributed by atoms with Crippen LogP contribution in [0.5, 0.6) is 0 Å². The Labute approximate surface area is 121 Å². The van der Waals surface area contributed by atoms with Crippen molar-refractivity contribution in [2.45, 2.75) is 25.0 Å². The Morgan fingerprint density at radius 3 is 2.85 bits per heavy atom. The van der Waals surface area contributed by atoms with Gasteiger partial charge in [0.2, 0.25) is 0 Å². The van der Waals surface area contributed by atoms with Crippen molar-refractivity contribution in [3.63, 3.8) is 0 Å². The van der Waals surface area contributed by atoms with Crippen LogP contribution in [0.15, 0.2) is 34.3 Å². The van der Waals surface area contributed by atoms with Crippen LogP contribution in [0.25, 0.3) is 0 Å².